The number of alkyl halides is 3. The Morgan fingerprint density at radius 3 is 2.53 bits per heavy atom. The highest BCUT2D eigenvalue weighted by Gasteiger charge is 2.34. The summed E-state index contributed by atoms with van der Waals surface area (Å²) < 4.78 is 48.1. The molecule has 170 valence electrons. The Labute approximate surface area is 184 Å². The Bertz CT molecular complexity index is 1320. The Hall–Kier alpha value is -2.88. The summed E-state index contributed by atoms with van der Waals surface area (Å²) in [5, 5.41) is 0.0238. The third kappa shape index (κ3) is 3.99. The van der Waals surface area contributed by atoms with Crippen molar-refractivity contribution in [2.75, 3.05) is 6.61 Å². The molecule has 1 aliphatic carbocycles. The SMILES string of the molecule is CCOC(=O)c1c(Cc2ccccc2C(F)(F)F)sc2c1c(=O)n(C)c(=O)n2CC1CC1. The molecule has 2 aromatic heterocycles. The molecule has 0 N–H and O–H groups in total. The van der Waals surface area contributed by atoms with Crippen molar-refractivity contribution in [2.24, 2.45) is 13.0 Å². The number of carbonyl (C=O) groups is 1. The first kappa shape index (κ1) is 22.3. The van der Waals surface area contributed by atoms with E-state index < -0.39 is 29.0 Å². The van der Waals surface area contributed by atoms with Crippen LogP contribution in [0.5, 0.6) is 0 Å². The second-order valence-electron chi connectivity index (χ2n) is 7.83. The van der Waals surface area contributed by atoms with Crippen LogP contribution in [-0.4, -0.2) is 21.7 Å². The van der Waals surface area contributed by atoms with E-state index >= 15 is 0 Å². The van der Waals surface area contributed by atoms with Crippen LogP contribution < -0.4 is 11.2 Å². The van der Waals surface area contributed by atoms with Crippen LogP contribution in [0.1, 0.15) is 46.1 Å². The van der Waals surface area contributed by atoms with E-state index in [4.69, 9.17) is 4.74 Å². The molecule has 1 aromatic carbocycles. The predicted octanol–water partition coefficient (Wildman–Crippen LogP) is 3.96. The molecule has 0 unspecified atom stereocenters. The van der Waals surface area contributed by atoms with Gasteiger partial charge in [0.05, 0.1) is 23.1 Å². The molecule has 4 rings (SSSR count). The summed E-state index contributed by atoms with van der Waals surface area (Å²) in [5.41, 5.74) is -2.06. The molecular formula is C22H21F3N2O4S. The Morgan fingerprint density at radius 2 is 1.91 bits per heavy atom. The van der Waals surface area contributed by atoms with Crippen LogP contribution in [0.2, 0.25) is 0 Å². The van der Waals surface area contributed by atoms with E-state index in [9.17, 15) is 27.6 Å². The van der Waals surface area contributed by atoms with Crippen molar-refractivity contribution in [1.29, 1.82) is 0 Å². The normalized spacial score (nSPS) is 14.2. The smallest absolute Gasteiger partial charge is 0.416 e. The van der Waals surface area contributed by atoms with Crippen molar-refractivity contribution in [1.82, 2.24) is 9.13 Å². The number of fused-ring (bicyclic) bond motifs is 1. The molecule has 1 saturated carbocycles. The summed E-state index contributed by atoms with van der Waals surface area (Å²) in [6, 6.07) is 5.11. The highest BCUT2D eigenvalue weighted by atomic mass is 32.1. The molecule has 6 nitrogen and oxygen atoms in total. The van der Waals surface area contributed by atoms with Crippen LogP contribution in [0.25, 0.3) is 10.2 Å². The van der Waals surface area contributed by atoms with Crippen molar-refractivity contribution < 1.29 is 22.7 Å². The summed E-state index contributed by atoms with van der Waals surface area (Å²) in [6.45, 7) is 2.04. The minimum absolute atomic E-state index is 0.0231. The maximum absolute atomic E-state index is 13.5. The molecule has 0 aliphatic heterocycles. The van der Waals surface area contributed by atoms with Gasteiger partial charge in [-0.3, -0.25) is 13.9 Å². The van der Waals surface area contributed by atoms with Gasteiger partial charge in [-0.15, -0.1) is 11.3 Å². The minimum Gasteiger partial charge on any atom is -0.462 e. The van der Waals surface area contributed by atoms with Gasteiger partial charge in [-0.1, -0.05) is 18.2 Å². The topological polar surface area (TPSA) is 70.3 Å². The average molecular weight is 466 g/mol. The number of rotatable bonds is 6. The van der Waals surface area contributed by atoms with Gasteiger partial charge in [0.15, 0.2) is 0 Å². The largest absolute Gasteiger partial charge is 0.462 e. The van der Waals surface area contributed by atoms with Crippen molar-refractivity contribution in [3.63, 3.8) is 0 Å². The lowest BCUT2D eigenvalue weighted by atomic mass is 10.0. The first-order valence-corrected chi connectivity index (χ1v) is 11.0. The molecule has 0 atom stereocenters. The van der Waals surface area contributed by atoms with Crippen LogP contribution in [0.15, 0.2) is 33.9 Å². The van der Waals surface area contributed by atoms with Gasteiger partial charge in [0, 0.05) is 24.9 Å². The van der Waals surface area contributed by atoms with E-state index in [2.05, 4.69) is 0 Å². The Balaban J connectivity index is 1.98. The lowest BCUT2D eigenvalue weighted by molar-refractivity contribution is -0.138. The molecule has 0 saturated heterocycles. The summed E-state index contributed by atoms with van der Waals surface area (Å²) in [7, 11) is 1.33. The van der Waals surface area contributed by atoms with E-state index in [1.807, 2.05) is 0 Å². The number of esters is 1. The fourth-order valence-corrected chi connectivity index (χ4v) is 5.07. The maximum Gasteiger partial charge on any atom is 0.416 e. The number of hydrogen-bond acceptors (Lipinski definition) is 5. The van der Waals surface area contributed by atoms with Crippen LogP contribution in [0, 0.1) is 5.92 Å². The number of aromatic nitrogens is 2. The van der Waals surface area contributed by atoms with E-state index in [1.165, 1.54) is 29.8 Å². The molecule has 0 radical (unpaired) electrons. The van der Waals surface area contributed by atoms with Crippen molar-refractivity contribution >= 4 is 27.5 Å². The first-order valence-electron chi connectivity index (χ1n) is 10.2. The predicted molar refractivity (Wildman–Crippen MR) is 114 cm³/mol. The maximum atomic E-state index is 13.5. The van der Waals surface area contributed by atoms with Crippen LogP contribution in [-0.2, 0) is 30.9 Å². The number of benzene rings is 1. The van der Waals surface area contributed by atoms with Crippen LogP contribution in [0.3, 0.4) is 0 Å². The van der Waals surface area contributed by atoms with Gasteiger partial charge in [0.2, 0.25) is 0 Å². The second-order valence-corrected chi connectivity index (χ2v) is 8.92. The molecule has 3 aromatic rings. The standard InChI is InChI=1S/C22H21F3N2O4S/c1-3-31-20(29)16-15(10-13-6-4-5-7-14(13)22(23,24)25)32-19-17(16)18(28)26(2)21(30)27(19)11-12-8-9-12/h4-7,12H,3,8-11H2,1-2H3. The number of halogens is 3. The second kappa shape index (κ2) is 8.23. The molecule has 32 heavy (non-hydrogen) atoms. The summed E-state index contributed by atoms with van der Waals surface area (Å²) in [5.74, 6) is -0.483. The van der Waals surface area contributed by atoms with Gasteiger partial charge in [0.1, 0.15) is 4.83 Å². The fraction of sp³-hybridized carbons (Fsp3) is 0.409. The van der Waals surface area contributed by atoms with Crippen molar-refractivity contribution in [2.45, 2.75) is 38.9 Å². The van der Waals surface area contributed by atoms with Crippen molar-refractivity contribution in [3.8, 4) is 0 Å². The molecule has 1 fully saturated rings. The molecule has 0 bridgehead atoms. The van der Waals surface area contributed by atoms with Gasteiger partial charge < -0.3 is 4.74 Å². The first-order chi connectivity index (χ1) is 15.1. The fourth-order valence-electron chi connectivity index (χ4n) is 3.76. The van der Waals surface area contributed by atoms with E-state index in [1.54, 1.807) is 6.92 Å². The Morgan fingerprint density at radius 1 is 1.22 bits per heavy atom. The number of ether oxygens (including phenoxy) is 1. The molecule has 0 amide bonds. The Kier molecular flexibility index (Phi) is 5.74. The minimum atomic E-state index is -4.57. The lowest BCUT2D eigenvalue weighted by Gasteiger charge is -2.12. The van der Waals surface area contributed by atoms with Gasteiger partial charge in [-0.25, -0.2) is 9.59 Å². The van der Waals surface area contributed by atoms with Gasteiger partial charge in [0.25, 0.3) is 5.56 Å². The van der Waals surface area contributed by atoms with Gasteiger partial charge in [-0.05, 0) is 37.3 Å². The zero-order valence-corrected chi connectivity index (χ0v) is 18.3. The third-order valence-corrected chi connectivity index (χ3v) is 6.75. The highest BCUT2D eigenvalue weighted by molar-refractivity contribution is 7.19. The third-order valence-electron chi connectivity index (χ3n) is 5.54. The van der Waals surface area contributed by atoms with Gasteiger partial charge in [-0.2, -0.15) is 13.2 Å². The molecule has 0 spiro atoms. The zero-order valence-electron chi connectivity index (χ0n) is 17.5. The number of thiophene rings is 1. The highest BCUT2D eigenvalue weighted by Crippen LogP contribution is 2.37. The zero-order chi connectivity index (χ0) is 23.2. The average Bonchev–Trinajstić information content (AvgIpc) is 3.48. The monoisotopic (exact) mass is 466 g/mol. The molecular weight excluding hydrogens is 445 g/mol. The summed E-state index contributed by atoms with van der Waals surface area (Å²) >= 11 is 1.01. The summed E-state index contributed by atoms with van der Waals surface area (Å²) in [4.78, 5) is 39.2. The van der Waals surface area contributed by atoms with E-state index in [-0.39, 0.29) is 34.4 Å². The van der Waals surface area contributed by atoms with Gasteiger partial charge >= 0.3 is 17.8 Å². The van der Waals surface area contributed by atoms with E-state index in [0.29, 0.717) is 17.3 Å². The lowest BCUT2D eigenvalue weighted by Crippen LogP contribution is -2.38. The summed E-state index contributed by atoms with van der Waals surface area (Å²) in [6.07, 6.45) is -2.87. The molecule has 1 aliphatic rings. The van der Waals surface area contributed by atoms with Crippen LogP contribution in [0.4, 0.5) is 13.2 Å². The van der Waals surface area contributed by atoms with Crippen LogP contribution >= 0.6 is 11.3 Å². The molecule has 2 heterocycles. The number of carbonyl (C=O) groups excluding carboxylic acids is 1. The van der Waals surface area contributed by atoms with E-state index in [0.717, 1.165) is 34.8 Å². The molecule has 10 heteroatoms. The quantitative estimate of drug-likeness (QED) is 0.516. The number of hydrogen-bond donors (Lipinski definition) is 0. The number of nitrogens with zero attached hydrogens (tertiary/aromatic N) is 2. The van der Waals surface area contributed by atoms with Crippen molar-refractivity contribution in [3.05, 3.63) is 66.7 Å².